The van der Waals surface area contributed by atoms with Crippen molar-refractivity contribution >= 4 is 12.4 Å². The van der Waals surface area contributed by atoms with Crippen LogP contribution in [-0.2, 0) is 0 Å². The molecule has 0 aliphatic heterocycles. The van der Waals surface area contributed by atoms with Crippen molar-refractivity contribution in [1.82, 2.24) is 0 Å². The van der Waals surface area contributed by atoms with Gasteiger partial charge in [-0.1, -0.05) is 18.2 Å². The first-order valence-electron chi connectivity index (χ1n) is 4.14. The number of nitrogens with two attached hydrogens (primary N) is 1. The van der Waals surface area contributed by atoms with Crippen molar-refractivity contribution in [3.63, 3.8) is 0 Å². The van der Waals surface area contributed by atoms with Crippen LogP contribution in [0.25, 0.3) is 0 Å². The van der Waals surface area contributed by atoms with Gasteiger partial charge >= 0.3 is 6.18 Å². The smallest absolute Gasteiger partial charge is 0.316 e. The third kappa shape index (κ3) is 3.50. The second-order valence-electron chi connectivity index (χ2n) is 3.07. The van der Waals surface area contributed by atoms with Gasteiger partial charge in [-0.2, -0.15) is 13.2 Å². The fourth-order valence-corrected chi connectivity index (χ4v) is 1.15. The largest absolute Gasteiger partial charge is 0.407 e. The molecule has 1 nitrogen and oxygen atoms in total. The second kappa shape index (κ2) is 5.59. The summed E-state index contributed by atoms with van der Waals surface area (Å²) in [7, 11) is 0. The van der Waals surface area contributed by atoms with Gasteiger partial charge in [-0.3, -0.25) is 0 Å². The first-order valence-corrected chi connectivity index (χ1v) is 4.14. The van der Waals surface area contributed by atoms with Crippen molar-refractivity contribution in [3.05, 3.63) is 35.1 Å². The van der Waals surface area contributed by atoms with E-state index in [0.717, 1.165) is 12.1 Å². The van der Waals surface area contributed by atoms with E-state index in [1.54, 1.807) is 0 Å². The van der Waals surface area contributed by atoms with Gasteiger partial charge < -0.3 is 5.73 Å². The summed E-state index contributed by atoms with van der Waals surface area (Å²) < 4.78 is 74.2. The van der Waals surface area contributed by atoms with Gasteiger partial charge in [-0.05, 0) is 0 Å². The lowest BCUT2D eigenvalue weighted by Crippen LogP contribution is -2.29. The number of hydrogen-bond donors (Lipinski definition) is 1. The van der Waals surface area contributed by atoms with Gasteiger partial charge in [0.05, 0.1) is 5.56 Å². The zero-order valence-electron chi connectivity index (χ0n) is 8.14. The number of benzene rings is 1. The monoisotopic (exact) mass is 279 g/mol. The van der Waals surface area contributed by atoms with Crippen LogP contribution in [0.3, 0.4) is 0 Å². The molecule has 1 aromatic rings. The maximum Gasteiger partial charge on any atom is 0.407 e. The molecular formula is C9H8ClF6N. The van der Waals surface area contributed by atoms with E-state index in [-0.39, 0.29) is 12.4 Å². The maximum absolute atomic E-state index is 13.2. The summed E-state index contributed by atoms with van der Waals surface area (Å²) in [6, 6.07) is -0.247. The van der Waals surface area contributed by atoms with E-state index in [1.165, 1.54) is 0 Å². The Bertz CT molecular complexity index is 378. The highest BCUT2D eigenvalue weighted by Gasteiger charge is 2.40. The van der Waals surface area contributed by atoms with Crippen LogP contribution in [0.5, 0.6) is 0 Å². The Kier molecular flexibility index (Phi) is 5.28. The van der Waals surface area contributed by atoms with Crippen molar-refractivity contribution in [2.45, 2.75) is 18.6 Å². The van der Waals surface area contributed by atoms with Crippen LogP contribution >= 0.6 is 12.4 Å². The van der Waals surface area contributed by atoms with Gasteiger partial charge in [0.1, 0.15) is 11.9 Å². The molecule has 0 amide bonds. The van der Waals surface area contributed by atoms with Crippen molar-refractivity contribution in [1.29, 1.82) is 0 Å². The second-order valence-corrected chi connectivity index (χ2v) is 3.07. The molecule has 0 saturated heterocycles. The fraction of sp³-hybridized carbons (Fsp3) is 0.333. The van der Waals surface area contributed by atoms with E-state index in [2.05, 4.69) is 0 Å². The van der Waals surface area contributed by atoms with E-state index >= 15 is 0 Å². The standard InChI is InChI=1S/C9H7F6N.ClH/c10-6-4(7(16)9(13,14)15)2-1-3-5(6)8(11)12;/h1-3,7-8H,16H2;1H. The molecule has 0 heterocycles. The molecule has 0 aliphatic carbocycles. The Labute approximate surface area is 99.0 Å². The molecule has 98 valence electrons. The molecule has 2 N–H and O–H groups in total. The van der Waals surface area contributed by atoms with E-state index in [1.807, 2.05) is 0 Å². The summed E-state index contributed by atoms with van der Waals surface area (Å²) in [5, 5.41) is 0. The van der Waals surface area contributed by atoms with Crippen LogP contribution in [0, 0.1) is 5.82 Å². The molecule has 0 spiro atoms. The predicted molar refractivity (Wildman–Crippen MR) is 51.6 cm³/mol. The summed E-state index contributed by atoms with van der Waals surface area (Å²) in [4.78, 5) is 0. The van der Waals surface area contributed by atoms with Gasteiger partial charge in [-0.15, -0.1) is 12.4 Å². The van der Waals surface area contributed by atoms with Gasteiger partial charge in [0.15, 0.2) is 0 Å². The highest BCUT2D eigenvalue weighted by atomic mass is 35.5. The highest BCUT2D eigenvalue weighted by Crippen LogP contribution is 2.34. The van der Waals surface area contributed by atoms with Crippen molar-refractivity contribution in [3.8, 4) is 0 Å². The summed E-state index contributed by atoms with van der Waals surface area (Å²) in [5.74, 6) is -1.61. The Morgan fingerprint density at radius 3 is 1.94 bits per heavy atom. The number of hydrogen-bond acceptors (Lipinski definition) is 1. The molecule has 1 rings (SSSR count). The van der Waals surface area contributed by atoms with E-state index < -0.39 is 35.6 Å². The molecule has 0 fully saturated rings. The van der Waals surface area contributed by atoms with Gasteiger partial charge in [0.25, 0.3) is 6.43 Å². The molecular weight excluding hydrogens is 272 g/mol. The van der Waals surface area contributed by atoms with Gasteiger partial charge in [0.2, 0.25) is 0 Å². The van der Waals surface area contributed by atoms with Gasteiger partial charge in [0, 0.05) is 5.56 Å². The van der Waals surface area contributed by atoms with Crippen LogP contribution in [0.2, 0.25) is 0 Å². The zero-order valence-corrected chi connectivity index (χ0v) is 8.96. The SMILES string of the molecule is Cl.NC(c1cccc(C(F)F)c1F)C(F)(F)F. The average molecular weight is 280 g/mol. The number of rotatable bonds is 2. The van der Waals surface area contributed by atoms with Crippen LogP contribution in [-0.4, -0.2) is 6.18 Å². The number of alkyl halides is 5. The lowest BCUT2D eigenvalue weighted by atomic mass is 10.0. The quantitative estimate of drug-likeness (QED) is 0.820. The predicted octanol–water partition coefficient (Wildman–Crippen LogP) is 3.75. The van der Waals surface area contributed by atoms with Crippen LogP contribution < -0.4 is 5.73 Å². The third-order valence-corrected chi connectivity index (χ3v) is 1.98. The van der Waals surface area contributed by atoms with E-state index in [9.17, 15) is 26.3 Å². The lowest BCUT2D eigenvalue weighted by molar-refractivity contribution is -0.149. The normalized spacial score (nSPS) is 13.4. The average Bonchev–Trinajstić information content (AvgIpc) is 2.15. The molecule has 8 heteroatoms. The highest BCUT2D eigenvalue weighted by molar-refractivity contribution is 5.85. The molecule has 1 atom stereocenters. The Hall–Kier alpha value is -0.950. The summed E-state index contributed by atoms with van der Waals surface area (Å²) in [6.45, 7) is 0. The lowest BCUT2D eigenvalue weighted by Gasteiger charge is -2.17. The van der Waals surface area contributed by atoms with Crippen molar-refractivity contribution < 1.29 is 26.3 Å². The first kappa shape index (κ1) is 16.1. The summed E-state index contributed by atoms with van der Waals surface area (Å²) in [6.07, 6.45) is -8.05. The first-order chi connectivity index (χ1) is 7.25. The minimum Gasteiger partial charge on any atom is -0.316 e. The number of halogens is 7. The van der Waals surface area contributed by atoms with Crippen molar-refractivity contribution in [2.24, 2.45) is 5.73 Å². The molecule has 1 aromatic carbocycles. The summed E-state index contributed by atoms with van der Waals surface area (Å²) >= 11 is 0. The Balaban J connectivity index is 0.00000256. The Morgan fingerprint density at radius 2 is 1.53 bits per heavy atom. The Morgan fingerprint density at radius 1 is 1.06 bits per heavy atom. The van der Waals surface area contributed by atoms with E-state index in [0.29, 0.717) is 6.07 Å². The molecule has 17 heavy (non-hydrogen) atoms. The molecule has 0 saturated carbocycles. The molecule has 0 bridgehead atoms. The maximum atomic E-state index is 13.2. The van der Waals surface area contributed by atoms with Gasteiger partial charge in [-0.25, -0.2) is 13.2 Å². The molecule has 1 unspecified atom stereocenters. The third-order valence-electron chi connectivity index (χ3n) is 1.98. The van der Waals surface area contributed by atoms with E-state index in [4.69, 9.17) is 5.73 Å². The zero-order chi connectivity index (χ0) is 12.5. The van der Waals surface area contributed by atoms with Crippen LogP contribution in [0.15, 0.2) is 18.2 Å². The molecule has 0 aliphatic rings. The molecule has 0 radical (unpaired) electrons. The molecule has 0 aromatic heterocycles. The summed E-state index contributed by atoms with van der Waals surface area (Å²) in [5.41, 5.74) is 2.66. The van der Waals surface area contributed by atoms with Crippen LogP contribution in [0.1, 0.15) is 23.6 Å². The topological polar surface area (TPSA) is 26.0 Å². The minimum absolute atomic E-state index is 0. The van der Waals surface area contributed by atoms with Crippen LogP contribution in [0.4, 0.5) is 26.3 Å². The fourth-order valence-electron chi connectivity index (χ4n) is 1.15. The minimum atomic E-state index is -4.87. The van der Waals surface area contributed by atoms with Crippen molar-refractivity contribution in [2.75, 3.05) is 0 Å².